The second-order valence-corrected chi connectivity index (χ2v) is 6.87. The number of hydrogen-bond acceptors (Lipinski definition) is 3. The van der Waals surface area contributed by atoms with Gasteiger partial charge in [-0.2, -0.15) is 0 Å². The summed E-state index contributed by atoms with van der Waals surface area (Å²) < 4.78 is 11.5. The highest BCUT2D eigenvalue weighted by Gasteiger charge is 2.27. The molecule has 1 aromatic heterocycles. The fourth-order valence-corrected chi connectivity index (χ4v) is 2.73. The molecule has 0 radical (unpaired) electrons. The van der Waals surface area contributed by atoms with Crippen LogP contribution in [0.3, 0.4) is 0 Å². The molecule has 0 N–H and O–H groups in total. The van der Waals surface area contributed by atoms with Crippen molar-refractivity contribution in [1.82, 2.24) is 4.90 Å². The Labute approximate surface area is 136 Å². The van der Waals surface area contributed by atoms with Gasteiger partial charge in [0.2, 0.25) is 0 Å². The molecule has 2 heterocycles. The van der Waals surface area contributed by atoms with E-state index < -0.39 is 5.60 Å². The van der Waals surface area contributed by atoms with Gasteiger partial charge in [0.25, 0.3) is 0 Å². The molecule has 1 aliphatic rings. The average Bonchev–Trinajstić information content (AvgIpc) is 2.74. The molecular formula is C19H23NO3. The number of rotatable bonds is 1. The van der Waals surface area contributed by atoms with E-state index in [1.807, 2.05) is 51.1 Å². The molecule has 1 aromatic carbocycles. The molecule has 1 aliphatic heterocycles. The van der Waals surface area contributed by atoms with Crippen molar-refractivity contribution < 1.29 is 13.9 Å². The van der Waals surface area contributed by atoms with Gasteiger partial charge in [-0.15, -0.1) is 0 Å². The van der Waals surface area contributed by atoms with Crippen LogP contribution in [0, 0.1) is 0 Å². The van der Waals surface area contributed by atoms with Gasteiger partial charge in [-0.05, 0) is 52.2 Å². The van der Waals surface area contributed by atoms with E-state index in [2.05, 4.69) is 6.08 Å². The van der Waals surface area contributed by atoms with Crippen molar-refractivity contribution in [3.63, 3.8) is 0 Å². The first-order valence-electron chi connectivity index (χ1n) is 8.14. The number of allylic oxidation sites excluding steroid dienone is 1. The van der Waals surface area contributed by atoms with Gasteiger partial charge in [-0.3, -0.25) is 4.90 Å². The molecule has 4 nitrogen and oxygen atoms in total. The summed E-state index contributed by atoms with van der Waals surface area (Å²) >= 11 is 0. The second-order valence-electron chi connectivity index (χ2n) is 6.87. The number of para-hydroxylation sites is 1. The monoisotopic (exact) mass is 313 g/mol. The third-order valence-corrected chi connectivity index (χ3v) is 3.76. The van der Waals surface area contributed by atoms with Crippen LogP contribution in [0.5, 0.6) is 0 Å². The molecule has 122 valence electrons. The number of fused-ring (bicyclic) bond motifs is 1. The molecule has 0 saturated heterocycles. The summed E-state index contributed by atoms with van der Waals surface area (Å²) in [5.74, 6) is 0.721. The second kappa shape index (κ2) is 6.11. The zero-order valence-electron chi connectivity index (χ0n) is 14.0. The van der Waals surface area contributed by atoms with E-state index in [1.165, 1.54) is 0 Å². The lowest BCUT2D eigenvalue weighted by Crippen LogP contribution is -2.36. The van der Waals surface area contributed by atoms with Crippen molar-refractivity contribution in [1.29, 1.82) is 0 Å². The predicted molar refractivity (Wildman–Crippen MR) is 91.0 cm³/mol. The zero-order chi connectivity index (χ0) is 16.4. The molecule has 2 aromatic rings. The Hall–Kier alpha value is -2.23. The lowest BCUT2D eigenvalue weighted by Gasteiger charge is -2.27. The molecule has 0 saturated carbocycles. The van der Waals surface area contributed by atoms with Crippen molar-refractivity contribution in [2.75, 3.05) is 6.54 Å². The van der Waals surface area contributed by atoms with Crippen LogP contribution in [0.1, 0.15) is 45.8 Å². The highest BCUT2D eigenvalue weighted by Crippen LogP contribution is 2.30. The third-order valence-electron chi connectivity index (χ3n) is 3.76. The summed E-state index contributed by atoms with van der Waals surface area (Å²) in [4.78, 5) is 14.3. The molecule has 0 aliphatic carbocycles. The van der Waals surface area contributed by atoms with E-state index in [1.54, 1.807) is 4.90 Å². The molecule has 0 bridgehead atoms. The van der Waals surface area contributed by atoms with Gasteiger partial charge in [0.05, 0.1) is 5.70 Å². The average molecular weight is 313 g/mol. The van der Waals surface area contributed by atoms with E-state index in [0.29, 0.717) is 6.54 Å². The van der Waals surface area contributed by atoms with Gasteiger partial charge in [-0.1, -0.05) is 24.3 Å². The Balaban J connectivity index is 1.95. The SMILES string of the molecule is CC(C)(C)OC(=O)N1CCCCC=C1c1cc2ccccc2o1. The quantitative estimate of drug-likeness (QED) is 0.727. The van der Waals surface area contributed by atoms with Crippen molar-refractivity contribution in [3.05, 3.63) is 42.2 Å². The van der Waals surface area contributed by atoms with Gasteiger partial charge >= 0.3 is 6.09 Å². The van der Waals surface area contributed by atoms with Crippen molar-refractivity contribution in [2.24, 2.45) is 0 Å². The number of carbonyl (C=O) groups excluding carboxylic acids is 1. The minimum Gasteiger partial charge on any atom is -0.455 e. The number of ether oxygens (including phenoxy) is 1. The van der Waals surface area contributed by atoms with Crippen molar-refractivity contribution in [3.8, 4) is 0 Å². The van der Waals surface area contributed by atoms with Crippen molar-refractivity contribution >= 4 is 22.8 Å². The van der Waals surface area contributed by atoms with Crippen LogP contribution >= 0.6 is 0 Å². The van der Waals surface area contributed by atoms with E-state index in [0.717, 1.165) is 41.7 Å². The fraction of sp³-hybridized carbons (Fsp3) is 0.421. The smallest absolute Gasteiger partial charge is 0.414 e. The minimum atomic E-state index is -0.512. The van der Waals surface area contributed by atoms with Gasteiger partial charge in [0.15, 0.2) is 5.76 Å². The Morgan fingerprint density at radius 3 is 2.74 bits per heavy atom. The minimum absolute atomic E-state index is 0.314. The van der Waals surface area contributed by atoms with Gasteiger partial charge < -0.3 is 9.15 Å². The Morgan fingerprint density at radius 1 is 1.22 bits per heavy atom. The van der Waals surface area contributed by atoms with E-state index in [-0.39, 0.29) is 6.09 Å². The Bertz CT molecular complexity index is 703. The highest BCUT2D eigenvalue weighted by atomic mass is 16.6. The summed E-state index contributed by atoms with van der Waals surface area (Å²) in [6, 6.07) is 9.87. The maximum atomic E-state index is 12.6. The number of nitrogens with zero attached hydrogens (tertiary/aromatic N) is 1. The molecule has 3 rings (SSSR count). The first-order chi connectivity index (χ1) is 10.9. The molecule has 0 fully saturated rings. The lowest BCUT2D eigenvalue weighted by atomic mass is 10.2. The van der Waals surface area contributed by atoms with E-state index in [9.17, 15) is 4.79 Å². The van der Waals surface area contributed by atoms with Gasteiger partial charge in [0.1, 0.15) is 11.2 Å². The molecule has 4 heteroatoms. The predicted octanol–water partition coefficient (Wildman–Crippen LogP) is 5.19. The van der Waals surface area contributed by atoms with Crippen LogP contribution in [0.2, 0.25) is 0 Å². The maximum Gasteiger partial charge on any atom is 0.414 e. The Morgan fingerprint density at radius 2 is 2.00 bits per heavy atom. The highest BCUT2D eigenvalue weighted by molar-refractivity contribution is 5.86. The fourth-order valence-electron chi connectivity index (χ4n) is 2.73. The number of carbonyl (C=O) groups is 1. The summed E-state index contributed by atoms with van der Waals surface area (Å²) in [5.41, 5.74) is 1.13. The van der Waals surface area contributed by atoms with Crippen LogP contribution in [0.25, 0.3) is 16.7 Å². The van der Waals surface area contributed by atoms with E-state index in [4.69, 9.17) is 9.15 Å². The van der Waals surface area contributed by atoms with Gasteiger partial charge in [-0.25, -0.2) is 4.79 Å². The first-order valence-corrected chi connectivity index (χ1v) is 8.14. The normalized spacial score (nSPS) is 16.1. The molecular weight excluding hydrogens is 290 g/mol. The Kier molecular flexibility index (Phi) is 4.16. The summed E-state index contributed by atoms with van der Waals surface area (Å²) in [6.07, 6.45) is 4.72. The molecule has 23 heavy (non-hydrogen) atoms. The lowest BCUT2D eigenvalue weighted by molar-refractivity contribution is 0.0351. The van der Waals surface area contributed by atoms with Crippen LogP contribution in [0.15, 0.2) is 40.8 Å². The maximum absolute atomic E-state index is 12.6. The number of furan rings is 1. The van der Waals surface area contributed by atoms with Gasteiger partial charge in [0, 0.05) is 11.9 Å². The zero-order valence-corrected chi connectivity index (χ0v) is 14.0. The number of benzene rings is 1. The standard InChI is InChI=1S/C19H23NO3/c1-19(2,3)23-18(21)20-12-8-4-5-10-15(20)17-13-14-9-6-7-11-16(14)22-17/h6-7,9-11,13H,4-5,8,12H2,1-3H3. The topological polar surface area (TPSA) is 42.7 Å². The van der Waals surface area contributed by atoms with Crippen LogP contribution in [-0.4, -0.2) is 23.1 Å². The van der Waals surface area contributed by atoms with Crippen LogP contribution < -0.4 is 0 Å². The van der Waals surface area contributed by atoms with Crippen LogP contribution in [0.4, 0.5) is 4.79 Å². The molecule has 0 spiro atoms. The largest absolute Gasteiger partial charge is 0.455 e. The molecule has 1 amide bonds. The summed E-state index contributed by atoms with van der Waals surface area (Å²) in [5, 5.41) is 1.04. The van der Waals surface area contributed by atoms with E-state index >= 15 is 0 Å². The molecule has 0 unspecified atom stereocenters. The summed E-state index contributed by atoms with van der Waals surface area (Å²) in [6.45, 7) is 6.30. The van der Waals surface area contributed by atoms with Crippen molar-refractivity contribution in [2.45, 2.75) is 45.6 Å². The van der Waals surface area contributed by atoms with Crippen LogP contribution in [-0.2, 0) is 4.74 Å². The summed E-state index contributed by atoms with van der Waals surface area (Å²) in [7, 11) is 0. The first kappa shape index (κ1) is 15.7. The molecule has 0 atom stereocenters. The number of amides is 1. The number of hydrogen-bond donors (Lipinski definition) is 0. The third kappa shape index (κ3) is 3.58.